The van der Waals surface area contributed by atoms with E-state index < -0.39 is 0 Å². The van der Waals surface area contributed by atoms with Crippen LogP contribution in [0, 0.1) is 0 Å². The van der Waals surface area contributed by atoms with Crippen LogP contribution in [-0.2, 0) is 5.41 Å². The molecule has 0 atom stereocenters. The molecule has 260 valence electrons. The molecule has 3 heteroatoms. The fourth-order valence-corrected chi connectivity index (χ4v) is 9.03. The Labute approximate surface area is 320 Å². The largest absolute Gasteiger partial charge is 0.435 e. The van der Waals surface area contributed by atoms with Gasteiger partial charge in [0.2, 0.25) is 5.89 Å². The molecule has 1 aromatic heterocycles. The number of hydrogen-bond acceptors (Lipinski definition) is 3. The predicted octanol–water partition coefficient (Wildman–Crippen LogP) is 14.3. The summed E-state index contributed by atoms with van der Waals surface area (Å²) in [6.07, 6.45) is 0. The molecule has 9 aromatic rings. The molecule has 2 aliphatic rings. The highest BCUT2D eigenvalue weighted by Crippen LogP contribution is 2.54. The Morgan fingerprint density at radius 3 is 1.89 bits per heavy atom. The maximum atomic E-state index is 6.76. The van der Waals surface area contributed by atoms with Gasteiger partial charge in [0.15, 0.2) is 5.76 Å². The van der Waals surface area contributed by atoms with Gasteiger partial charge in [0.25, 0.3) is 0 Å². The fraction of sp³-hybridized carbons (Fsp3) is 0.0577. The van der Waals surface area contributed by atoms with Gasteiger partial charge in [0.05, 0.1) is 5.69 Å². The summed E-state index contributed by atoms with van der Waals surface area (Å²) >= 11 is 0. The van der Waals surface area contributed by atoms with Crippen molar-refractivity contribution < 1.29 is 4.42 Å². The molecule has 0 radical (unpaired) electrons. The normalized spacial score (nSPS) is 13.1. The van der Waals surface area contributed by atoms with Crippen molar-refractivity contribution in [2.24, 2.45) is 0 Å². The van der Waals surface area contributed by atoms with Gasteiger partial charge in [-0.1, -0.05) is 153 Å². The van der Waals surface area contributed by atoms with Crippen LogP contribution in [0.3, 0.4) is 0 Å². The van der Waals surface area contributed by atoms with Gasteiger partial charge in [-0.3, -0.25) is 0 Å². The standard InChI is InChI=1S/C52H36N2O/c1-52(2)45-26-12-11-22-39(45)40-28-27-37(32-46(40)52)54(36-20-13-19-35(31-36)33-15-5-3-6-16-33)47-30-29-44-48-42(47)24-14-25-43(48)49-50(44)55-51(53-49)41-23-10-9-21-38(41)34-17-7-4-8-18-34/h3-32H,1-2H3. The lowest BCUT2D eigenvalue weighted by molar-refractivity contribution is 0.590. The van der Waals surface area contributed by atoms with Crippen LogP contribution >= 0.6 is 0 Å². The lowest BCUT2D eigenvalue weighted by Crippen LogP contribution is -2.16. The van der Waals surface area contributed by atoms with Crippen molar-refractivity contribution in [1.82, 2.24) is 4.98 Å². The average molecular weight is 705 g/mol. The van der Waals surface area contributed by atoms with Gasteiger partial charge in [0, 0.05) is 44.3 Å². The van der Waals surface area contributed by atoms with Crippen molar-refractivity contribution in [1.29, 1.82) is 0 Å². The van der Waals surface area contributed by atoms with Gasteiger partial charge >= 0.3 is 0 Å². The Hall–Kier alpha value is -6.97. The fourth-order valence-electron chi connectivity index (χ4n) is 9.03. The zero-order valence-corrected chi connectivity index (χ0v) is 30.6. The Morgan fingerprint density at radius 1 is 0.455 bits per heavy atom. The first-order valence-corrected chi connectivity index (χ1v) is 19.0. The highest BCUT2D eigenvalue weighted by atomic mass is 16.4. The topological polar surface area (TPSA) is 29.3 Å². The number of oxazole rings is 1. The number of benzene rings is 8. The van der Waals surface area contributed by atoms with E-state index in [0.29, 0.717) is 5.89 Å². The smallest absolute Gasteiger partial charge is 0.227 e. The van der Waals surface area contributed by atoms with Crippen molar-refractivity contribution in [2.45, 2.75) is 19.3 Å². The third-order valence-corrected chi connectivity index (χ3v) is 11.7. The number of anilines is 3. The number of rotatable bonds is 6. The van der Waals surface area contributed by atoms with Crippen LogP contribution in [0.4, 0.5) is 17.1 Å². The van der Waals surface area contributed by atoms with E-state index in [1.165, 1.54) is 38.8 Å². The van der Waals surface area contributed by atoms with Crippen molar-refractivity contribution in [3.63, 3.8) is 0 Å². The third kappa shape index (κ3) is 4.79. The van der Waals surface area contributed by atoms with Crippen LogP contribution in [0.2, 0.25) is 0 Å². The van der Waals surface area contributed by atoms with Gasteiger partial charge < -0.3 is 9.32 Å². The molecule has 55 heavy (non-hydrogen) atoms. The summed E-state index contributed by atoms with van der Waals surface area (Å²) < 4.78 is 6.76. The van der Waals surface area contributed by atoms with Crippen LogP contribution in [0.5, 0.6) is 0 Å². The molecule has 0 saturated carbocycles. The Bertz CT molecular complexity index is 2930. The molecular formula is C52H36N2O. The number of aromatic nitrogens is 1. The summed E-state index contributed by atoms with van der Waals surface area (Å²) in [4.78, 5) is 7.65. The first-order valence-electron chi connectivity index (χ1n) is 19.0. The van der Waals surface area contributed by atoms with E-state index in [1.807, 2.05) is 6.07 Å². The highest BCUT2D eigenvalue weighted by molar-refractivity contribution is 6.17. The summed E-state index contributed by atoms with van der Waals surface area (Å²) in [7, 11) is 0. The van der Waals surface area contributed by atoms with Crippen LogP contribution < -0.4 is 4.90 Å². The zero-order chi connectivity index (χ0) is 36.7. The summed E-state index contributed by atoms with van der Waals surface area (Å²) in [6, 6.07) is 65.3. The second-order valence-corrected chi connectivity index (χ2v) is 15.1. The van der Waals surface area contributed by atoms with Crippen molar-refractivity contribution in [3.05, 3.63) is 193 Å². The molecular weight excluding hydrogens is 669 g/mol. The lowest BCUT2D eigenvalue weighted by Gasteiger charge is -2.29. The van der Waals surface area contributed by atoms with Crippen LogP contribution in [0.25, 0.3) is 78.2 Å². The number of fused-ring (bicyclic) bond motifs is 6. The number of hydrogen-bond donors (Lipinski definition) is 0. The van der Waals surface area contributed by atoms with Crippen LogP contribution in [-0.4, -0.2) is 4.98 Å². The SMILES string of the molecule is CC1(C)c2ccccc2-c2ccc(N(c3cccc(-c4ccccc4)c3)c3ccc4c5c(cccc35)-c3nc(-c5ccccc5-c5ccccc5)oc3-4)cc21. The maximum Gasteiger partial charge on any atom is 0.227 e. The van der Waals surface area contributed by atoms with Crippen molar-refractivity contribution in [2.75, 3.05) is 4.90 Å². The monoisotopic (exact) mass is 704 g/mol. The molecule has 0 fully saturated rings. The van der Waals surface area contributed by atoms with Gasteiger partial charge in [-0.25, -0.2) is 4.98 Å². The van der Waals surface area contributed by atoms with E-state index in [1.54, 1.807) is 0 Å². The third-order valence-electron chi connectivity index (χ3n) is 11.7. The summed E-state index contributed by atoms with van der Waals surface area (Å²) in [5.41, 5.74) is 17.2. The molecule has 0 bridgehead atoms. The minimum absolute atomic E-state index is 0.127. The predicted molar refractivity (Wildman–Crippen MR) is 227 cm³/mol. The van der Waals surface area contributed by atoms with Gasteiger partial charge in [-0.2, -0.15) is 0 Å². The molecule has 0 unspecified atom stereocenters. The molecule has 0 saturated heterocycles. The van der Waals surface area contributed by atoms with E-state index in [2.05, 4.69) is 195 Å². The minimum Gasteiger partial charge on any atom is -0.435 e. The van der Waals surface area contributed by atoms with E-state index in [0.717, 1.165) is 61.7 Å². The zero-order valence-electron chi connectivity index (χ0n) is 30.6. The average Bonchev–Trinajstić information content (AvgIpc) is 3.88. The molecule has 3 nitrogen and oxygen atoms in total. The molecule has 0 aliphatic heterocycles. The van der Waals surface area contributed by atoms with Gasteiger partial charge in [-0.05, 0) is 87.0 Å². The minimum atomic E-state index is -0.127. The van der Waals surface area contributed by atoms with E-state index in [9.17, 15) is 0 Å². The molecule has 11 rings (SSSR count). The molecule has 2 aliphatic carbocycles. The maximum absolute atomic E-state index is 6.76. The Kier molecular flexibility index (Phi) is 6.90. The van der Waals surface area contributed by atoms with Gasteiger partial charge in [0.1, 0.15) is 5.69 Å². The van der Waals surface area contributed by atoms with E-state index >= 15 is 0 Å². The first kappa shape index (κ1) is 31.5. The molecule has 0 N–H and O–H groups in total. The summed E-state index contributed by atoms with van der Waals surface area (Å²) in [6.45, 7) is 4.70. The highest BCUT2D eigenvalue weighted by Gasteiger charge is 2.36. The molecule has 0 spiro atoms. The first-order chi connectivity index (χ1) is 27.0. The second-order valence-electron chi connectivity index (χ2n) is 15.1. The Balaban J connectivity index is 1.09. The lowest BCUT2D eigenvalue weighted by atomic mass is 9.82. The Morgan fingerprint density at radius 2 is 1.07 bits per heavy atom. The van der Waals surface area contributed by atoms with Crippen LogP contribution in [0.15, 0.2) is 186 Å². The second kappa shape index (κ2) is 12.0. The van der Waals surface area contributed by atoms with E-state index in [4.69, 9.17) is 9.40 Å². The van der Waals surface area contributed by atoms with Crippen molar-refractivity contribution >= 4 is 27.8 Å². The number of nitrogens with zero attached hydrogens (tertiary/aromatic N) is 2. The van der Waals surface area contributed by atoms with E-state index in [-0.39, 0.29) is 5.41 Å². The quantitative estimate of drug-likeness (QED) is 0.173. The summed E-state index contributed by atoms with van der Waals surface area (Å²) in [5.74, 6) is 1.46. The molecule has 0 amide bonds. The molecule has 1 heterocycles. The van der Waals surface area contributed by atoms with Crippen LogP contribution in [0.1, 0.15) is 25.0 Å². The molecule has 8 aromatic carbocycles. The van der Waals surface area contributed by atoms with Gasteiger partial charge in [-0.15, -0.1) is 0 Å². The van der Waals surface area contributed by atoms with Crippen molar-refractivity contribution in [3.8, 4) is 67.4 Å². The summed E-state index contributed by atoms with van der Waals surface area (Å²) in [5, 5.41) is 2.32.